The van der Waals surface area contributed by atoms with Gasteiger partial charge in [-0.25, -0.2) is 4.99 Å². The quantitative estimate of drug-likeness (QED) is 0.285. The van der Waals surface area contributed by atoms with Crippen LogP contribution in [0.2, 0.25) is 0 Å². The van der Waals surface area contributed by atoms with Gasteiger partial charge in [-0.15, -0.1) is 0 Å². The van der Waals surface area contributed by atoms with Crippen molar-refractivity contribution in [3.8, 4) is 0 Å². The van der Waals surface area contributed by atoms with Gasteiger partial charge in [0.15, 0.2) is 17.7 Å². The topological polar surface area (TPSA) is 78.6 Å². The van der Waals surface area contributed by atoms with Crippen LogP contribution in [-0.4, -0.2) is 27.0 Å². The van der Waals surface area contributed by atoms with Gasteiger partial charge in [-0.1, -0.05) is 30.3 Å². The molecule has 3 unspecified atom stereocenters. The van der Waals surface area contributed by atoms with Gasteiger partial charge < -0.3 is 9.85 Å². The number of aliphatic imine (C=N–C) groups is 1. The molecule has 0 spiro atoms. The van der Waals surface area contributed by atoms with Crippen molar-refractivity contribution in [2.45, 2.75) is 31.6 Å². The Labute approximate surface area is 139 Å². The van der Waals surface area contributed by atoms with Crippen molar-refractivity contribution >= 4 is 11.4 Å². The summed E-state index contributed by atoms with van der Waals surface area (Å²) in [5.41, 5.74) is 1.91. The molecule has 2 aliphatic heterocycles. The minimum absolute atomic E-state index is 0.0354. The third-order valence-electron chi connectivity index (χ3n) is 5.08. The predicted molar refractivity (Wildman–Crippen MR) is 90.3 cm³/mol. The number of fused-ring (bicyclic) bond motifs is 1. The molecule has 0 bridgehead atoms. The summed E-state index contributed by atoms with van der Waals surface area (Å²) in [6.07, 6.45) is 0. The molecule has 4 rings (SSSR count). The van der Waals surface area contributed by atoms with Crippen molar-refractivity contribution in [3.63, 3.8) is 0 Å². The minimum Gasteiger partial charge on any atom is -0.630 e. The van der Waals surface area contributed by atoms with Crippen molar-refractivity contribution in [1.82, 2.24) is 0 Å². The second kappa shape index (κ2) is 4.72. The summed E-state index contributed by atoms with van der Waals surface area (Å²) in [6, 6.07) is 15.5. The molecule has 1 saturated heterocycles. The Morgan fingerprint density at radius 3 is 2.25 bits per heavy atom. The van der Waals surface area contributed by atoms with Crippen LogP contribution >= 0.6 is 0 Å². The number of nitrogens with zero attached hydrogens (tertiary/aromatic N) is 3. The first-order valence-electron chi connectivity index (χ1n) is 7.85. The maximum atomic E-state index is 13.5. The first kappa shape index (κ1) is 15.0. The molecule has 2 aromatic carbocycles. The molecule has 6 nitrogen and oxygen atoms in total. The number of hydroxylamine groups is 3. The number of non-ortho nitro benzene ring substituents is 1. The molecule has 2 aromatic rings. The van der Waals surface area contributed by atoms with E-state index in [0.717, 1.165) is 16.8 Å². The summed E-state index contributed by atoms with van der Waals surface area (Å²) in [4.78, 5) is 15.1. The lowest BCUT2D eigenvalue weighted by atomic mass is 10.0. The molecule has 122 valence electrons. The van der Waals surface area contributed by atoms with Crippen molar-refractivity contribution in [3.05, 3.63) is 81.0 Å². The van der Waals surface area contributed by atoms with Crippen LogP contribution in [0.15, 0.2) is 59.6 Å². The Bertz CT molecular complexity index is 846. The van der Waals surface area contributed by atoms with Crippen LogP contribution in [0.25, 0.3) is 0 Å². The van der Waals surface area contributed by atoms with Crippen LogP contribution in [0.1, 0.15) is 31.0 Å². The van der Waals surface area contributed by atoms with E-state index in [0.29, 0.717) is 0 Å². The van der Waals surface area contributed by atoms with Gasteiger partial charge in [-0.3, -0.25) is 10.1 Å². The summed E-state index contributed by atoms with van der Waals surface area (Å²) in [5.74, 6) is 0. The van der Waals surface area contributed by atoms with Gasteiger partial charge >= 0.3 is 0 Å². The molecule has 24 heavy (non-hydrogen) atoms. The zero-order valence-electron chi connectivity index (χ0n) is 13.4. The number of nitro benzene ring substituents is 1. The average Bonchev–Trinajstić information content (AvgIpc) is 3.15. The molecule has 1 fully saturated rings. The fourth-order valence-corrected chi connectivity index (χ4v) is 3.81. The van der Waals surface area contributed by atoms with E-state index < -0.39 is 15.2 Å². The standard InChI is InChI=1S/C18H17N3O3/c1-18(2)19-15(12-6-4-3-5-7-12)17-16(21(17,18)24)13-8-10-14(11-9-13)20(22)23/h3-11,16-17H,1-2H3. The fourth-order valence-electron chi connectivity index (χ4n) is 3.81. The minimum atomic E-state index is -0.762. The van der Waals surface area contributed by atoms with Gasteiger partial charge in [0.1, 0.15) is 5.71 Å². The van der Waals surface area contributed by atoms with Gasteiger partial charge in [0, 0.05) is 37.1 Å². The number of rotatable bonds is 3. The second-order valence-electron chi connectivity index (χ2n) is 6.81. The number of hydrogen-bond acceptors (Lipinski definition) is 4. The monoisotopic (exact) mass is 323 g/mol. The average molecular weight is 323 g/mol. The third-order valence-corrected chi connectivity index (χ3v) is 5.08. The number of hydrogen-bond donors (Lipinski definition) is 0. The highest BCUT2D eigenvalue weighted by molar-refractivity contribution is 6.07. The molecule has 0 amide bonds. The van der Waals surface area contributed by atoms with E-state index in [1.807, 2.05) is 44.2 Å². The van der Waals surface area contributed by atoms with Gasteiger partial charge in [-0.2, -0.15) is 0 Å². The Morgan fingerprint density at radius 2 is 1.67 bits per heavy atom. The number of benzene rings is 2. The summed E-state index contributed by atoms with van der Waals surface area (Å²) >= 11 is 0. The van der Waals surface area contributed by atoms with Gasteiger partial charge in [0.2, 0.25) is 0 Å². The molecule has 0 aliphatic carbocycles. The molecule has 0 aromatic heterocycles. The lowest BCUT2D eigenvalue weighted by molar-refractivity contribution is -0.820. The normalized spacial score (nSPS) is 29.7. The van der Waals surface area contributed by atoms with Crippen LogP contribution in [0.4, 0.5) is 5.69 Å². The maximum absolute atomic E-state index is 13.5. The first-order chi connectivity index (χ1) is 11.4. The van der Waals surface area contributed by atoms with E-state index >= 15 is 0 Å². The SMILES string of the molecule is CC1(C)N=C(c2ccccc2)C2C(c3ccc([N+](=O)[O-])cc3)[N+]21[O-]. The lowest BCUT2D eigenvalue weighted by Crippen LogP contribution is -2.39. The third kappa shape index (κ3) is 1.87. The zero-order chi connectivity index (χ0) is 17.1. The van der Waals surface area contributed by atoms with Crippen molar-refractivity contribution in [2.75, 3.05) is 0 Å². The molecule has 2 heterocycles. The van der Waals surface area contributed by atoms with Gasteiger partial charge in [0.05, 0.1) is 4.92 Å². The highest BCUT2D eigenvalue weighted by atomic mass is 16.6. The lowest BCUT2D eigenvalue weighted by Gasteiger charge is -2.35. The fraction of sp³-hybridized carbons (Fsp3) is 0.278. The van der Waals surface area contributed by atoms with Crippen LogP contribution in [0, 0.1) is 15.3 Å². The molecular formula is C18H17N3O3. The van der Waals surface area contributed by atoms with Crippen molar-refractivity contribution in [1.29, 1.82) is 0 Å². The van der Waals surface area contributed by atoms with Gasteiger partial charge in [0.25, 0.3) is 5.69 Å². The van der Waals surface area contributed by atoms with E-state index in [1.165, 1.54) is 12.1 Å². The molecule has 2 aliphatic rings. The highest BCUT2D eigenvalue weighted by Gasteiger charge is 2.74. The second-order valence-corrected chi connectivity index (χ2v) is 6.81. The highest BCUT2D eigenvalue weighted by Crippen LogP contribution is 2.62. The molecule has 0 N–H and O–H groups in total. The Balaban J connectivity index is 1.73. The van der Waals surface area contributed by atoms with E-state index in [9.17, 15) is 15.3 Å². The van der Waals surface area contributed by atoms with Crippen LogP contribution in [-0.2, 0) is 0 Å². The van der Waals surface area contributed by atoms with E-state index in [2.05, 4.69) is 4.99 Å². The predicted octanol–water partition coefficient (Wildman–Crippen LogP) is 3.57. The van der Waals surface area contributed by atoms with E-state index in [4.69, 9.17) is 0 Å². The van der Waals surface area contributed by atoms with E-state index in [1.54, 1.807) is 12.1 Å². The molecule has 6 heteroatoms. The summed E-state index contributed by atoms with van der Waals surface area (Å²) < 4.78 is -0.422. The van der Waals surface area contributed by atoms with Crippen LogP contribution in [0.3, 0.4) is 0 Å². The molecule has 0 radical (unpaired) electrons. The first-order valence-corrected chi connectivity index (χ1v) is 7.85. The summed E-state index contributed by atoms with van der Waals surface area (Å²) in [5, 5.41) is 24.3. The maximum Gasteiger partial charge on any atom is 0.269 e. The molecule has 0 saturated carbocycles. The Kier molecular flexibility index (Phi) is 2.95. The van der Waals surface area contributed by atoms with Gasteiger partial charge in [-0.05, 0) is 12.1 Å². The zero-order valence-corrected chi connectivity index (χ0v) is 13.4. The van der Waals surface area contributed by atoms with Crippen LogP contribution in [0.5, 0.6) is 0 Å². The summed E-state index contributed by atoms with van der Waals surface area (Å²) in [6.45, 7) is 3.71. The van der Waals surface area contributed by atoms with Crippen molar-refractivity contribution < 1.29 is 9.57 Å². The number of nitro groups is 1. The van der Waals surface area contributed by atoms with Crippen LogP contribution < -0.4 is 0 Å². The molecular weight excluding hydrogens is 306 g/mol. The Hall–Kier alpha value is -2.57. The Morgan fingerprint density at radius 1 is 1.04 bits per heavy atom. The number of quaternary nitrogens is 1. The van der Waals surface area contributed by atoms with Crippen molar-refractivity contribution in [2.24, 2.45) is 4.99 Å². The largest absolute Gasteiger partial charge is 0.630 e. The smallest absolute Gasteiger partial charge is 0.269 e. The summed E-state index contributed by atoms with van der Waals surface area (Å²) in [7, 11) is 0. The molecule has 3 atom stereocenters. The van der Waals surface area contributed by atoms with E-state index in [-0.39, 0.29) is 17.8 Å².